The maximum Gasteiger partial charge on any atom is 0.247 e. The quantitative estimate of drug-likeness (QED) is 0.422. The van der Waals surface area contributed by atoms with E-state index in [4.69, 9.17) is 16.0 Å². The number of fused-ring (bicyclic) bond motifs is 1. The van der Waals surface area contributed by atoms with Crippen molar-refractivity contribution in [3.8, 4) is 5.88 Å². The van der Waals surface area contributed by atoms with Gasteiger partial charge in [-0.2, -0.15) is 9.97 Å². The van der Waals surface area contributed by atoms with Crippen molar-refractivity contribution in [1.82, 2.24) is 19.9 Å². The van der Waals surface area contributed by atoms with Crippen molar-refractivity contribution in [3.05, 3.63) is 52.2 Å². The first-order valence-electron chi connectivity index (χ1n) is 6.44. The van der Waals surface area contributed by atoms with Gasteiger partial charge in [-0.15, -0.1) is 0 Å². The minimum Gasteiger partial charge on any atom is -0.471 e. The van der Waals surface area contributed by atoms with Crippen molar-refractivity contribution in [1.29, 1.82) is 0 Å². The number of ether oxygens (including phenoxy) is 1. The molecule has 0 aliphatic rings. The zero-order valence-electron chi connectivity index (χ0n) is 11.5. The summed E-state index contributed by atoms with van der Waals surface area (Å²) in [5.74, 6) is 0.457. The minimum atomic E-state index is 0.122. The van der Waals surface area contributed by atoms with Gasteiger partial charge in [-0.25, -0.2) is 4.98 Å². The van der Waals surface area contributed by atoms with Crippen LogP contribution < -0.4 is 10.5 Å². The number of nitrogens with one attached hydrogen (secondary N) is 1. The number of imidazole rings is 1. The molecule has 0 aliphatic carbocycles. The number of H-pyrrole nitrogens is 1. The van der Waals surface area contributed by atoms with Crippen LogP contribution in [0.4, 0.5) is 5.95 Å². The number of azide groups is 1. The van der Waals surface area contributed by atoms with E-state index in [0.29, 0.717) is 30.2 Å². The smallest absolute Gasteiger partial charge is 0.247 e. The molecule has 0 saturated carbocycles. The fraction of sp³-hybridized carbons (Fsp3) is 0.154. The van der Waals surface area contributed by atoms with Crippen molar-refractivity contribution in [2.45, 2.75) is 13.2 Å². The van der Waals surface area contributed by atoms with E-state index < -0.39 is 0 Å². The molecule has 0 aliphatic heterocycles. The predicted molar refractivity (Wildman–Crippen MR) is 79.7 cm³/mol. The normalized spacial score (nSPS) is 10.4. The SMILES string of the molecule is [N-]=[N+]=NCc1ccc(COc2nc(N)nc3[nH]cnc23)cc1. The van der Waals surface area contributed by atoms with E-state index in [1.54, 1.807) is 0 Å². The first kappa shape index (κ1) is 13.7. The maximum atomic E-state index is 8.29. The van der Waals surface area contributed by atoms with E-state index in [9.17, 15) is 0 Å². The number of hydrogen-bond acceptors (Lipinski definition) is 6. The van der Waals surface area contributed by atoms with Gasteiger partial charge in [-0.05, 0) is 16.7 Å². The number of aromatic amines is 1. The third-order valence-corrected chi connectivity index (χ3v) is 2.98. The van der Waals surface area contributed by atoms with Gasteiger partial charge in [0.05, 0.1) is 12.9 Å². The summed E-state index contributed by atoms with van der Waals surface area (Å²) in [4.78, 5) is 17.8. The zero-order valence-corrected chi connectivity index (χ0v) is 11.5. The predicted octanol–water partition coefficient (Wildman–Crippen LogP) is 2.32. The summed E-state index contributed by atoms with van der Waals surface area (Å²) in [7, 11) is 0. The molecular weight excluding hydrogens is 284 g/mol. The van der Waals surface area contributed by atoms with Gasteiger partial charge in [0.25, 0.3) is 0 Å². The molecule has 9 heteroatoms. The van der Waals surface area contributed by atoms with Crippen molar-refractivity contribution in [2.75, 3.05) is 5.73 Å². The molecule has 0 unspecified atom stereocenters. The van der Waals surface area contributed by atoms with Gasteiger partial charge in [0, 0.05) is 4.91 Å². The topological polar surface area (TPSA) is 138 Å². The Balaban J connectivity index is 1.73. The summed E-state index contributed by atoms with van der Waals surface area (Å²) >= 11 is 0. The second-order valence-corrected chi connectivity index (χ2v) is 4.48. The van der Waals surface area contributed by atoms with Gasteiger partial charge < -0.3 is 15.5 Å². The Morgan fingerprint density at radius 1 is 1.23 bits per heavy atom. The first-order chi connectivity index (χ1) is 10.8. The number of rotatable bonds is 5. The molecule has 2 aromatic heterocycles. The Labute approximate surface area is 124 Å². The highest BCUT2D eigenvalue weighted by atomic mass is 16.5. The van der Waals surface area contributed by atoms with Crippen LogP contribution in [0.2, 0.25) is 0 Å². The lowest BCUT2D eigenvalue weighted by Gasteiger charge is -2.07. The highest BCUT2D eigenvalue weighted by Crippen LogP contribution is 2.20. The number of benzene rings is 1. The van der Waals surface area contributed by atoms with Gasteiger partial charge in [0.2, 0.25) is 11.8 Å². The Hall–Kier alpha value is -3.32. The van der Waals surface area contributed by atoms with E-state index >= 15 is 0 Å². The zero-order chi connectivity index (χ0) is 15.4. The monoisotopic (exact) mass is 296 g/mol. The fourth-order valence-corrected chi connectivity index (χ4v) is 1.93. The number of aromatic nitrogens is 4. The largest absolute Gasteiger partial charge is 0.471 e. The van der Waals surface area contributed by atoms with Crippen molar-refractivity contribution < 1.29 is 4.74 Å². The van der Waals surface area contributed by atoms with E-state index in [-0.39, 0.29) is 5.95 Å². The molecule has 22 heavy (non-hydrogen) atoms. The van der Waals surface area contributed by atoms with E-state index in [1.165, 1.54) is 6.33 Å². The summed E-state index contributed by atoms with van der Waals surface area (Å²) < 4.78 is 5.67. The highest BCUT2D eigenvalue weighted by molar-refractivity contribution is 5.76. The molecule has 3 rings (SSSR count). The molecule has 2 heterocycles. The Morgan fingerprint density at radius 2 is 2.00 bits per heavy atom. The van der Waals surface area contributed by atoms with Crippen molar-refractivity contribution in [3.63, 3.8) is 0 Å². The minimum absolute atomic E-state index is 0.122. The molecule has 1 aromatic carbocycles. The van der Waals surface area contributed by atoms with Crippen LogP contribution in [0.1, 0.15) is 11.1 Å². The number of nitrogens with two attached hydrogens (primary N) is 1. The van der Waals surface area contributed by atoms with Gasteiger partial charge in [-0.3, -0.25) is 0 Å². The lowest BCUT2D eigenvalue weighted by atomic mass is 10.1. The van der Waals surface area contributed by atoms with Crippen molar-refractivity contribution in [2.24, 2.45) is 5.11 Å². The Bertz CT molecular complexity index is 835. The molecule has 0 spiro atoms. The van der Waals surface area contributed by atoms with E-state index in [2.05, 4.69) is 30.0 Å². The average molecular weight is 296 g/mol. The van der Waals surface area contributed by atoms with Gasteiger partial charge in [0.1, 0.15) is 6.61 Å². The van der Waals surface area contributed by atoms with Crippen LogP contribution in [0, 0.1) is 0 Å². The fourth-order valence-electron chi connectivity index (χ4n) is 1.93. The van der Waals surface area contributed by atoms with Crippen LogP contribution in [0.15, 0.2) is 35.7 Å². The number of anilines is 1. The highest BCUT2D eigenvalue weighted by Gasteiger charge is 2.10. The van der Waals surface area contributed by atoms with Crippen molar-refractivity contribution >= 4 is 17.1 Å². The second-order valence-electron chi connectivity index (χ2n) is 4.48. The van der Waals surface area contributed by atoms with Crippen LogP contribution in [0.25, 0.3) is 21.6 Å². The molecule has 3 aromatic rings. The molecule has 0 saturated heterocycles. The molecule has 0 amide bonds. The molecule has 0 radical (unpaired) electrons. The molecule has 0 atom stereocenters. The van der Waals surface area contributed by atoms with E-state index in [0.717, 1.165) is 11.1 Å². The molecule has 0 fully saturated rings. The van der Waals surface area contributed by atoms with E-state index in [1.807, 2.05) is 24.3 Å². The summed E-state index contributed by atoms with van der Waals surface area (Å²) in [6, 6.07) is 7.56. The van der Waals surface area contributed by atoms with Crippen LogP contribution in [0.5, 0.6) is 5.88 Å². The van der Waals surface area contributed by atoms with Crippen LogP contribution >= 0.6 is 0 Å². The molecule has 9 nitrogen and oxygen atoms in total. The lowest BCUT2D eigenvalue weighted by molar-refractivity contribution is 0.297. The van der Waals surface area contributed by atoms with Gasteiger partial charge in [0.15, 0.2) is 11.2 Å². The molecule has 3 N–H and O–H groups in total. The number of hydrogen-bond donors (Lipinski definition) is 2. The number of nitrogen functional groups attached to an aromatic ring is 1. The molecular formula is C13H12N8O. The van der Waals surface area contributed by atoms with Crippen LogP contribution in [0.3, 0.4) is 0 Å². The van der Waals surface area contributed by atoms with Crippen LogP contribution in [-0.4, -0.2) is 19.9 Å². The van der Waals surface area contributed by atoms with Gasteiger partial charge >= 0.3 is 0 Å². The Kier molecular flexibility index (Phi) is 3.71. The summed E-state index contributed by atoms with van der Waals surface area (Å²) in [6.07, 6.45) is 1.51. The summed E-state index contributed by atoms with van der Waals surface area (Å²) in [5, 5.41) is 3.51. The maximum absolute atomic E-state index is 8.29. The van der Waals surface area contributed by atoms with Crippen LogP contribution in [-0.2, 0) is 13.2 Å². The standard InChI is InChI=1S/C13H12N8O/c14-13-19-11-10(16-7-17-11)12(20-13)22-6-9-3-1-8(2-4-9)5-18-21-15/h1-4,7H,5-6H2,(H3,14,16,17,19,20). The third-order valence-electron chi connectivity index (χ3n) is 2.98. The molecule has 0 bridgehead atoms. The van der Waals surface area contributed by atoms with Gasteiger partial charge in [-0.1, -0.05) is 29.4 Å². The first-order valence-corrected chi connectivity index (χ1v) is 6.44. The Morgan fingerprint density at radius 3 is 2.77 bits per heavy atom. The number of nitrogens with zero attached hydrogens (tertiary/aromatic N) is 6. The average Bonchev–Trinajstić information content (AvgIpc) is 3.00. The summed E-state index contributed by atoms with van der Waals surface area (Å²) in [5.41, 5.74) is 16.9. The third kappa shape index (κ3) is 2.89. The molecule has 110 valence electrons. The second kappa shape index (κ2) is 5.98. The summed E-state index contributed by atoms with van der Waals surface area (Å²) in [6.45, 7) is 0.647. The lowest BCUT2D eigenvalue weighted by Crippen LogP contribution is -2.02.